The molecule has 0 bridgehead atoms. The van der Waals surface area contributed by atoms with E-state index in [4.69, 9.17) is 38.4 Å². The number of allylic oxidation sites excluding steroid dienone is 1. The molecule has 6 nitrogen and oxygen atoms in total. The number of methoxy groups -OCH3 is 1. The number of H-pyrrole nitrogens is 1. The van der Waals surface area contributed by atoms with Crippen LogP contribution in [0.4, 0.5) is 0 Å². The van der Waals surface area contributed by atoms with E-state index in [2.05, 4.69) is 16.3 Å². The highest BCUT2D eigenvalue weighted by Gasteiger charge is 2.37. The van der Waals surface area contributed by atoms with Crippen LogP contribution < -0.4 is 15.2 Å². The van der Waals surface area contributed by atoms with Gasteiger partial charge in [0.05, 0.1) is 34.3 Å². The highest BCUT2D eigenvalue weighted by Crippen LogP contribution is 2.48. The van der Waals surface area contributed by atoms with Crippen LogP contribution in [-0.2, 0) is 0 Å². The summed E-state index contributed by atoms with van der Waals surface area (Å²) in [5.41, 5.74) is 9.16. The van der Waals surface area contributed by atoms with Gasteiger partial charge in [-0.05, 0) is 18.2 Å². The van der Waals surface area contributed by atoms with Crippen molar-refractivity contribution in [1.29, 1.82) is 5.26 Å². The summed E-state index contributed by atoms with van der Waals surface area (Å²) in [4.78, 5) is 0. The number of ether oxygens (including phenoxy) is 2. The van der Waals surface area contributed by atoms with Crippen LogP contribution in [0.25, 0.3) is 11.3 Å². The summed E-state index contributed by atoms with van der Waals surface area (Å²) in [6.45, 7) is 0. The average Bonchev–Trinajstić information content (AvgIpc) is 3.12. The molecule has 0 spiro atoms. The number of hydrogen-bond acceptors (Lipinski definition) is 5. The van der Waals surface area contributed by atoms with Gasteiger partial charge in [0.2, 0.25) is 11.8 Å². The molecule has 1 atom stereocenters. The van der Waals surface area contributed by atoms with Crippen molar-refractivity contribution in [3.8, 4) is 29.0 Å². The number of fused-ring (bicyclic) bond motifs is 1. The number of nitrogens with one attached hydrogen (secondary N) is 1. The number of aromatic amines is 1. The lowest BCUT2D eigenvalue weighted by molar-refractivity contribution is 0.375. The quantitative estimate of drug-likeness (QED) is 0.654. The van der Waals surface area contributed by atoms with Crippen LogP contribution in [0.3, 0.4) is 0 Å². The van der Waals surface area contributed by atoms with Gasteiger partial charge in [-0.15, -0.1) is 5.10 Å². The number of para-hydroxylation sites is 1. The predicted molar refractivity (Wildman–Crippen MR) is 106 cm³/mol. The Hall–Kier alpha value is -3.14. The van der Waals surface area contributed by atoms with Gasteiger partial charge in [-0.3, -0.25) is 5.10 Å². The largest absolute Gasteiger partial charge is 0.496 e. The van der Waals surface area contributed by atoms with Gasteiger partial charge in [0.25, 0.3) is 0 Å². The number of rotatable bonds is 3. The van der Waals surface area contributed by atoms with Gasteiger partial charge in [-0.25, -0.2) is 0 Å². The predicted octanol–water partition coefficient (Wildman–Crippen LogP) is 4.61. The Bertz CT molecular complexity index is 1150. The number of nitriles is 1. The number of aromatic nitrogens is 2. The van der Waals surface area contributed by atoms with Gasteiger partial charge in [0.15, 0.2) is 0 Å². The molecule has 0 aliphatic carbocycles. The van der Waals surface area contributed by atoms with Crippen molar-refractivity contribution in [2.45, 2.75) is 5.92 Å². The first-order chi connectivity index (χ1) is 13.5. The van der Waals surface area contributed by atoms with E-state index < -0.39 is 5.92 Å². The molecule has 3 aromatic rings. The zero-order valence-corrected chi connectivity index (χ0v) is 16.2. The van der Waals surface area contributed by atoms with Gasteiger partial charge in [-0.1, -0.05) is 47.5 Å². The summed E-state index contributed by atoms with van der Waals surface area (Å²) in [5.74, 6) is 0.418. The first kappa shape index (κ1) is 18.2. The Kier molecular flexibility index (Phi) is 4.63. The number of nitrogens with two attached hydrogens (primary N) is 1. The van der Waals surface area contributed by atoms with Gasteiger partial charge >= 0.3 is 0 Å². The lowest BCUT2D eigenvalue weighted by atomic mass is 9.82. The molecule has 0 fully saturated rings. The molecule has 2 heterocycles. The molecule has 8 heteroatoms. The number of halogens is 2. The molecule has 3 N–H and O–H groups in total. The second kappa shape index (κ2) is 7.12. The van der Waals surface area contributed by atoms with E-state index in [1.807, 2.05) is 30.3 Å². The zero-order chi connectivity index (χ0) is 19.8. The van der Waals surface area contributed by atoms with Gasteiger partial charge in [0, 0.05) is 11.1 Å². The fourth-order valence-corrected chi connectivity index (χ4v) is 3.63. The lowest BCUT2D eigenvalue weighted by Crippen LogP contribution is -2.21. The van der Waals surface area contributed by atoms with Crippen LogP contribution in [0, 0.1) is 11.3 Å². The highest BCUT2D eigenvalue weighted by atomic mass is 35.5. The molecule has 0 radical (unpaired) electrons. The third-order valence-corrected chi connectivity index (χ3v) is 5.34. The van der Waals surface area contributed by atoms with Crippen LogP contribution in [0.15, 0.2) is 53.9 Å². The SMILES string of the molecule is COc1ccccc1[C@@H]1C(C#N)=C(N)Oc2n[nH]c(-c3ccc(Cl)c(Cl)c3)c21. The van der Waals surface area contributed by atoms with Crippen molar-refractivity contribution in [3.05, 3.63) is 75.1 Å². The number of hydrogen-bond donors (Lipinski definition) is 2. The van der Waals surface area contributed by atoms with E-state index in [0.29, 0.717) is 32.9 Å². The van der Waals surface area contributed by atoms with Crippen molar-refractivity contribution < 1.29 is 9.47 Å². The first-order valence-electron chi connectivity index (χ1n) is 8.29. The minimum absolute atomic E-state index is 0.0121. The van der Waals surface area contributed by atoms with E-state index in [-0.39, 0.29) is 11.5 Å². The van der Waals surface area contributed by atoms with Gasteiger partial charge in [0.1, 0.15) is 17.4 Å². The third-order valence-electron chi connectivity index (χ3n) is 4.60. The summed E-state index contributed by atoms with van der Waals surface area (Å²) < 4.78 is 11.1. The number of benzene rings is 2. The van der Waals surface area contributed by atoms with Crippen LogP contribution >= 0.6 is 23.2 Å². The molecule has 0 amide bonds. The van der Waals surface area contributed by atoms with Gasteiger partial charge in [-0.2, -0.15) is 5.26 Å². The molecular formula is C20H14Cl2N4O2. The van der Waals surface area contributed by atoms with E-state index in [1.165, 1.54) is 0 Å². The Balaban J connectivity index is 1.98. The molecule has 0 saturated heterocycles. The summed E-state index contributed by atoms with van der Waals surface area (Å²) in [6, 6.07) is 14.9. The maximum atomic E-state index is 9.78. The zero-order valence-electron chi connectivity index (χ0n) is 14.7. The second-order valence-corrected chi connectivity index (χ2v) is 6.93. The summed E-state index contributed by atoms with van der Waals surface area (Å²) in [5, 5.41) is 17.9. The van der Waals surface area contributed by atoms with Crippen molar-refractivity contribution >= 4 is 23.2 Å². The van der Waals surface area contributed by atoms with Crippen LogP contribution in [0.2, 0.25) is 10.0 Å². The third kappa shape index (κ3) is 2.85. The molecule has 0 unspecified atom stereocenters. The molecule has 1 aromatic heterocycles. The molecule has 140 valence electrons. The Morgan fingerprint density at radius 1 is 1.21 bits per heavy atom. The van der Waals surface area contributed by atoms with Crippen molar-refractivity contribution in [2.24, 2.45) is 5.73 Å². The standard InChI is InChI=1S/C20H14Cl2N4O2/c1-27-15-5-3-2-4-11(15)16-12(9-23)19(24)28-20-17(16)18(25-26-20)10-6-7-13(21)14(22)8-10/h2-8,16H,24H2,1H3,(H,25,26)/t16-/m1/s1. The monoisotopic (exact) mass is 412 g/mol. The van der Waals surface area contributed by atoms with E-state index in [1.54, 1.807) is 19.2 Å². The second-order valence-electron chi connectivity index (χ2n) is 6.11. The molecule has 2 aromatic carbocycles. The van der Waals surface area contributed by atoms with E-state index in [9.17, 15) is 5.26 Å². The Morgan fingerprint density at radius 2 is 2.00 bits per heavy atom. The smallest absolute Gasteiger partial charge is 0.244 e. The van der Waals surface area contributed by atoms with Crippen LogP contribution in [0.5, 0.6) is 11.6 Å². The lowest BCUT2D eigenvalue weighted by Gasteiger charge is -2.25. The van der Waals surface area contributed by atoms with Crippen LogP contribution in [-0.4, -0.2) is 17.3 Å². The van der Waals surface area contributed by atoms with E-state index in [0.717, 1.165) is 11.1 Å². The Morgan fingerprint density at radius 3 is 2.71 bits per heavy atom. The fourth-order valence-electron chi connectivity index (χ4n) is 3.33. The fraction of sp³-hybridized carbons (Fsp3) is 0.100. The maximum Gasteiger partial charge on any atom is 0.244 e. The van der Waals surface area contributed by atoms with Crippen LogP contribution in [0.1, 0.15) is 17.0 Å². The summed E-state index contributed by atoms with van der Waals surface area (Å²) in [7, 11) is 1.58. The molecule has 0 saturated carbocycles. The molecular weight excluding hydrogens is 399 g/mol. The minimum atomic E-state index is -0.520. The van der Waals surface area contributed by atoms with E-state index >= 15 is 0 Å². The summed E-state index contributed by atoms with van der Waals surface area (Å²) >= 11 is 12.2. The van der Waals surface area contributed by atoms with Crippen molar-refractivity contribution in [1.82, 2.24) is 10.2 Å². The van der Waals surface area contributed by atoms with Crippen molar-refractivity contribution in [2.75, 3.05) is 7.11 Å². The normalized spacial score (nSPS) is 15.6. The maximum absolute atomic E-state index is 9.78. The highest BCUT2D eigenvalue weighted by molar-refractivity contribution is 6.42. The average molecular weight is 413 g/mol. The molecule has 1 aliphatic rings. The number of nitrogens with zero attached hydrogens (tertiary/aromatic N) is 2. The first-order valence-corrected chi connectivity index (χ1v) is 9.05. The molecule has 4 rings (SSSR count). The van der Waals surface area contributed by atoms with Gasteiger partial charge < -0.3 is 15.2 Å². The topological polar surface area (TPSA) is 96.9 Å². The minimum Gasteiger partial charge on any atom is -0.496 e. The summed E-state index contributed by atoms with van der Waals surface area (Å²) in [6.07, 6.45) is 0. The molecule has 1 aliphatic heterocycles. The molecule has 28 heavy (non-hydrogen) atoms. The Labute approximate surface area is 171 Å². The van der Waals surface area contributed by atoms with Crippen molar-refractivity contribution in [3.63, 3.8) is 0 Å².